The van der Waals surface area contributed by atoms with Crippen LogP contribution in [0, 0.1) is 0 Å². The van der Waals surface area contributed by atoms with Gasteiger partial charge in [0.15, 0.2) is 0 Å². The molecule has 1 aliphatic rings. The van der Waals surface area contributed by atoms with Gasteiger partial charge in [-0.2, -0.15) is 0 Å². The molecule has 26 heavy (non-hydrogen) atoms. The Morgan fingerprint density at radius 1 is 1.38 bits per heavy atom. The zero-order valence-electron chi connectivity index (χ0n) is 15.4. The summed E-state index contributed by atoms with van der Waals surface area (Å²) in [5.74, 6) is 0.143. The minimum atomic E-state index is -0.0483. The van der Waals surface area contributed by atoms with Gasteiger partial charge in [0, 0.05) is 32.7 Å². The van der Waals surface area contributed by atoms with E-state index in [-0.39, 0.29) is 17.6 Å². The van der Waals surface area contributed by atoms with Gasteiger partial charge >= 0.3 is 0 Å². The molecular weight excluding hydrogens is 330 g/mol. The molecule has 1 aromatic heterocycles. The number of carbonyl (C=O) groups excluding carboxylic acids is 1. The molecule has 140 valence electrons. The Hall–Kier alpha value is -2.21. The van der Waals surface area contributed by atoms with E-state index in [9.17, 15) is 9.59 Å². The van der Waals surface area contributed by atoms with Gasteiger partial charge in [0.2, 0.25) is 5.91 Å². The molecule has 0 radical (unpaired) electrons. The zero-order valence-corrected chi connectivity index (χ0v) is 15.4. The SMILES string of the molecule is CCCN(C[C@@H]1CCCO1)C(=O)CCCn1cnc2ccccc2c1=O. The number of rotatable bonds is 8. The van der Waals surface area contributed by atoms with Crippen LogP contribution < -0.4 is 5.56 Å². The van der Waals surface area contributed by atoms with Crippen molar-refractivity contribution in [1.29, 1.82) is 0 Å². The first kappa shape index (κ1) is 18.6. The average Bonchev–Trinajstić information content (AvgIpc) is 3.16. The van der Waals surface area contributed by atoms with Crippen molar-refractivity contribution in [1.82, 2.24) is 14.5 Å². The van der Waals surface area contributed by atoms with Gasteiger partial charge in [0.1, 0.15) is 0 Å². The van der Waals surface area contributed by atoms with Crippen LogP contribution in [0.2, 0.25) is 0 Å². The summed E-state index contributed by atoms with van der Waals surface area (Å²) < 4.78 is 7.26. The molecular formula is C20H27N3O3. The maximum Gasteiger partial charge on any atom is 0.261 e. The molecule has 1 saturated heterocycles. The van der Waals surface area contributed by atoms with Crippen molar-refractivity contribution in [2.24, 2.45) is 0 Å². The maximum atomic E-state index is 12.6. The molecule has 0 N–H and O–H groups in total. The Kier molecular flexibility index (Phi) is 6.39. The fraction of sp³-hybridized carbons (Fsp3) is 0.550. The van der Waals surface area contributed by atoms with Crippen LogP contribution in [0.25, 0.3) is 10.9 Å². The highest BCUT2D eigenvalue weighted by atomic mass is 16.5. The van der Waals surface area contributed by atoms with Gasteiger partial charge < -0.3 is 9.64 Å². The summed E-state index contributed by atoms with van der Waals surface area (Å²) in [4.78, 5) is 31.3. The Labute approximate surface area is 153 Å². The summed E-state index contributed by atoms with van der Waals surface area (Å²) in [5.41, 5.74) is 0.656. The first-order valence-electron chi connectivity index (χ1n) is 9.52. The highest BCUT2D eigenvalue weighted by molar-refractivity contribution is 5.77. The van der Waals surface area contributed by atoms with Crippen molar-refractivity contribution in [2.75, 3.05) is 19.7 Å². The lowest BCUT2D eigenvalue weighted by molar-refractivity contribution is -0.133. The number of amides is 1. The van der Waals surface area contributed by atoms with Crippen molar-refractivity contribution in [2.45, 2.75) is 51.7 Å². The van der Waals surface area contributed by atoms with Crippen molar-refractivity contribution in [3.05, 3.63) is 40.9 Å². The number of hydrogen-bond donors (Lipinski definition) is 0. The van der Waals surface area contributed by atoms with Crippen molar-refractivity contribution in [3.63, 3.8) is 0 Å². The van der Waals surface area contributed by atoms with E-state index in [1.54, 1.807) is 17.0 Å². The van der Waals surface area contributed by atoms with Crippen molar-refractivity contribution < 1.29 is 9.53 Å². The quantitative estimate of drug-likeness (QED) is 0.728. The van der Waals surface area contributed by atoms with E-state index in [4.69, 9.17) is 4.74 Å². The molecule has 1 atom stereocenters. The number of aryl methyl sites for hydroxylation is 1. The molecule has 1 fully saturated rings. The van der Waals surface area contributed by atoms with E-state index in [0.717, 1.165) is 32.4 Å². The largest absolute Gasteiger partial charge is 0.376 e. The second-order valence-corrected chi connectivity index (χ2v) is 6.84. The smallest absolute Gasteiger partial charge is 0.261 e. The zero-order chi connectivity index (χ0) is 18.4. The molecule has 2 aromatic rings. The van der Waals surface area contributed by atoms with Gasteiger partial charge in [-0.15, -0.1) is 0 Å². The molecule has 1 aromatic carbocycles. The van der Waals surface area contributed by atoms with Crippen LogP contribution in [0.1, 0.15) is 39.0 Å². The van der Waals surface area contributed by atoms with Crippen LogP contribution in [-0.2, 0) is 16.1 Å². The van der Waals surface area contributed by atoms with Gasteiger partial charge in [-0.05, 0) is 37.8 Å². The highest BCUT2D eigenvalue weighted by Crippen LogP contribution is 2.14. The number of benzene rings is 1. The third kappa shape index (κ3) is 4.49. The van der Waals surface area contributed by atoms with E-state index in [0.29, 0.717) is 36.8 Å². The van der Waals surface area contributed by atoms with Crippen molar-refractivity contribution in [3.8, 4) is 0 Å². The third-order valence-corrected chi connectivity index (χ3v) is 4.82. The summed E-state index contributed by atoms with van der Waals surface area (Å²) in [6.45, 7) is 4.83. The standard InChI is InChI=1S/C20H27N3O3/c1-2-11-22(14-16-7-6-13-26-16)19(24)10-5-12-23-15-21-18-9-4-3-8-17(18)20(23)25/h3-4,8-9,15-16H,2,5-7,10-14H2,1H3/t16-/m0/s1. The van der Waals surface area contributed by atoms with Crippen LogP contribution in [0.4, 0.5) is 0 Å². The molecule has 0 saturated carbocycles. The molecule has 6 nitrogen and oxygen atoms in total. The van der Waals surface area contributed by atoms with Crippen LogP contribution >= 0.6 is 0 Å². The minimum Gasteiger partial charge on any atom is -0.376 e. The summed E-state index contributed by atoms with van der Waals surface area (Å²) in [6.07, 6.45) is 5.87. The van der Waals surface area contributed by atoms with E-state index in [1.807, 2.05) is 23.1 Å². The van der Waals surface area contributed by atoms with Gasteiger partial charge in [0.25, 0.3) is 5.56 Å². The van der Waals surface area contributed by atoms with Crippen LogP contribution in [0.5, 0.6) is 0 Å². The highest BCUT2D eigenvalue weighted by Gasteiger charge is 2.21. The molecule has 0 unspecified atom stereocenters. The third-order valence-electron chi connectivity index (χ3n) is 4.82. The lowest BCUT2D eigenvalue weighted by Crippen LogP contribution is -2.38. The van der Waals surface area contributed by atoms with Gasteiger partial charge in [-0.3, -0.25) is 14.2 Å². The number of nitrogens with zero attached hydrogens (tertiary/aromatic N) is 3. The van der Waals surface area contributed by atoms with Crippen LogP contribution in [0.3, 0.4) is 0 Å². The van der Waals surface area contributed by atoms with Gasteiger partial charge in [0.05, 0.1) is 23.3 Å². The molecule has 2 heterocycles. The summed E-state index contributed by atoms with van der Waals surface area (Å²) in [6, 6.07) is 7.33. The second-order valence-electron chi connectivity index (χ2n) is 6.84. The fourth-order valence-electron chi connectivity index (χ4n) is 3.45. The van der Waals surface area contributed by atoms with Crippen LogP contribution in [-0.4, -0.2) is 46.2 Å². The van der Waals surface area contributed by atoms with E-state index < -0.39 is 0 Å². The predicted molar refractivity (Wildman–Crippen MR) is 101 cm³/mol. The molecule has 1 aliphatic heterocycles. The topological polar surface area (TPSA) is 64.4 Å². The number of ether oxygens (including phenoxy) is 1. The summed E-state index contributed by atoms with van der Waals surface area (Å²) in [5, 5.41) is 0.618. The Morgan fingerprint density at radius 2 is 2.23 bits per heavy atom. The fourth-order valence-corrected chi connectivity index (χ4v) is 3.45. The Morgan fingerprint density at radius 3 is 3.00 bits per heavy atom. The molecule has 0 aliphatic carbocycles. The molecule has 1 amide bonds. The number of aromatic nitrogens is 2. The first-order valence-corrected chi connectivity index (χ1v) is 9.52. The lowest BCUT2D eigenvalue weighted by Gasteiger charge is -2.25. The Bertz CT molecular complexity index is 796. The summed E-state index contributed by atoms with van der Waals surface area (Å²) >= 11 is 0. The van der Waals surface area contributed by atoms with E-state index in [1.165, 1.54) is 0 Å². The normalized spacial score (nSPS) is 16.9. The van der Waals surface area contributed by atoms with E-state index >= 15 is 0 Å². The molecule has 0 spiro atoms. The molecule has 6 heteroatoms. The number of fused-ring (bicyclic) bond motifs is 1. The van der Waals surface area contributed by atoms with Crippen molar-refractivity contribution >= 4 is 16.8 Å². The van der Waals surface area contributed by atoms with Gasteiger partial charge in [-0.25, -0.2) is 4.98 Å². The average molecular weight is 357 g/mol. The number of carbonyl (C=O) groups is 1. The predicted octanol–water partition coefficient (Wildman–Crippen LogP) is 2.59. The van der Waals surface area contributed by atoms with E-state index in [2.05, 4.69) is 11.9 Å². The molecule has 3 rings (SSSR count). The number of hydrogen-bond acceptors (Lipinski definition) is 4. The summed E-state index contributed by atoms with van der Waals surface area (Å²) in [7, 11) is 0. The number of para-hydroxylation sites is 1. The minimum absolute atomic E-state index is 0.0483. The maximum absolute atomic E-state index is 12.6. The van der Waals surface area contributed by atoms with Crippen LogP contribution in [0.15, 0.2) is 35.4 Å². The molecule has 0 bridgehead atoms. The second kappa shape index (κ2) is 8.94. The Balaban J connectivity index is 1.56. The first-order chi connectivity index (χ1) is 12.7. The van der Waals surface area contributed by atoms with Gasteiger partial charge in [-0.1, -0.05) is 19.1 Å². The lowest BCUT2D eigenvalue weighted by atomic mass is 10.2. The monoisotopic (exact) mass is 357 g/mol.